The van der Waals surface area contributed by atoms with Gasteiger partial charge in [0.05, 0.1) is 4.92 Å². The first-order valence-corrected chi connectivity index (χ1v) is 10.4. The second kappa shape index (κ2) is 8.80. The molecule has 1 saturated heterocycles. The zero-order chi connectivity index (χ0) is 22.8. The van der Waals surface area contributed by atoms with Gasteiger partial charge in [-0.25, -0.2) is 4.68 Å². The molecule has 0 aliphatic carbocycles. The number of nitro benzene ring substituents is 1. The number of halogens is 1. The minimum Gasteiger partial charge on any atom is -0.368 e. The van der Waals surface area contributed by atoms with Crippen LogP contribution < -0.4 is 10.3 Å². The number of para-hydroxylation sites is 2. The van der Waals surface area contributed by atoms with Gasteiger partial charge in [0.1, 0.15) is 5.69 Å². The maximum atomic E-state index is 13.1. The van der Waals surface area contributed by atoms with Gasteiger partial charge in [0.15, 0.2) is 5.69 Å². The van der Waals surface area contributed by atoms with Gasteiger partial charge in [-0.15, -0.1) is 0 Å². The molecule has 1 amide bonds. The van der Waals surface area contributed by atoms with E-state index in [1.54, 1.807) is 30.0 Å². The lowest BCUT2D eigenvalue weighted by Crippen LogP contribution is -2.50. The standard InChI is InChI=1S/C22H20ClN5O4/c1-15-13-20(29)21(24-27(15)18-7-2-3-8-19(18)28(31)32)22(30)26-11-9-25(10-12-26)17-6-4-5-16(23)14-17/h2-8,13-14H,9-12H2,1H3. The van der Waals surface area contributed by atoms with Crippen LogP contribution in [0.2, 0.25) is 5.02 Å². The Kier molecular flexibility index (Phi) is 5.91. The lowest BCUT2D eigenvalue weighted by atomic mass is 10.2. The van der Waals surface area contributed by atoms with Crippen molar-refractivity contribution in [3.8, 4) is 5.69 Å². The molecule has 2 heterocycles. The second-order valence-electron chi connectivity index (χ2n) is 7.42. The topological polar surface area (TPSA) is 102 Å². The molecular formula is C22H20ClN5O4. The number of aromatic nitrogens is 2. The number of piperazine rings is 1. The summed E-state index contributed by atoms with van der Waals surface area (Å²) in [5.74, 6) is -0.493. The lowest BCUT2D eigenvalue weighted by Gasteiger charge is -2.36. The molecule has 1 fully saturated rings. The van der Waals surface area contributed by atoms with Crippen molar-refractivity contribution in [2.45, 2.75) is 6.92 Å². The highest BCUT2D eigenvalue weighted by Crippen LogP contribution is 2.23. The third kappa shape index (κ3) is 4.19. The van der Waals surface area contributed by atoms with Gasteiger partial charge in [-0.1, -0.05) is 29.8 Å². The van der Waals surface area contributed by atoms with Gasteiger partial charge >= 0.3 is 0 Å². The number of carbonyl (C=O) groups excluding carboxylic acids is 1. The van der Waals surface area contributed by atoms with Crippen molar-refractivity contribution < 1.29 is 9.72 Å². The van der Waals surface area contributed by atoms with Gasteiger partial charge in [0.25, 0.3) is 11.6 Å². The van der Waals surface area contributed by atoms with Crippen molar-refractivity contribution in [3.05, 3.63) is 91.3 Å². The number of benzene rings is 2. The molecule has 0 saturated carbocycles. The summed E-state index contributed by atoms with van der Waals surface area (Å²) >= 11 is 6.07. The summed E-state index contributed by atoms with van der Waals surface area (Å²) in [7, 11) is 0. The monoisotopic (exact) mass is 453 g/mol. The molecule has 3 aromatic rings. The predicted molar refractivity (Wildman–Crippen MR) is 121 cm³/mol. The van der Waals surface area contributed by atoms with Crippen LogP contribution in [0.3, 0.4) is 0 Å². The average molecular weight is 454 g/mol. The summed E-state index contributed by atoms with van der Waals surface area (Å²) in [6, 6.07) is 14.8. The Morgan fingerprint density at radius 2 is 1.78 bits per heavy atom. The molecular weight excluding hydrogens is 434 g/mol. The fourth-order valence-corrected chi connectivity index (χ4v) is 3.91. The Morgan fingerprint density at radius 3 is 2.47 bits per heavy atom. The smallest absolute Gasteiger partial charge is 0.294 e. The number of hydrogen-bond donors (Lipinski definition) is 0. The van der Waals surface area contributed by atoms with Crippen molar-refractivity contribution in [2.75, 3.05) is 31.1 Å². The fraction of sp³-hybridized carbons (Fsp3) is 0.227. The molecule has 0 spiro atoms. The average Bonchev–Trinajstić information content (AvgIpc) is 2.79. The van der Waals surface area contributed by atoms with E-state index in [9.17, 15) is 19.7 Å². The van der Waals surface area contributed by atoms with E-state index >= 15 is 0 Å². The molecule has 0 unspecified atom stereocenters. The van der Waals surface area contributed by atoms with Gasteiger partial charge < -0.3 is 9.80 Å². The number of nitrogens with zero attached hydrogens (tertiary/aromatic N) is 5. The van der Waals surface area contributed by atoms with Crippen LogP contribution in [0.5, 0.6) is 0 Å². The number of amides is 1. The fourth-order valence-electron chi connectivity index (χ4n) is 3.73. The first-order valence-electron chi connectivity index (χ1n) is 9.99. The molecule has 164 valence electrons. The zero-order valence-corrected chi connectivity index (χ0v) is 18.0. The molecule has 0 radical (unpaired) electrons. The highest BCUT2D eigenvalue weighted by atomic mass is 35.5. The van der Waals surface area contributed by atoms with Crippen molar-refractivity contribution in [2.24, 2.45) is 0 Å². The number of anilines is 1. The summed E-state index contributed by atoms with van der Waals surface area (Å²) in [6.45, 7) is 3.59. The normalized spacial score (nSPS) is 13.8. The maximum absolute atomic E-state index is 13.1. The Bertz CT molecular complexity index is 1250. The van der Waals surface area contributed by atoms with E-state index < -0.39 is 16.3 Å². The SMILES string of the molecule is Cc1cc(=O)c(C(=O)N2CCN(c3cccc(Cl)c3)CC2)nn1-c1ccccc1[N+](=O)[O-]. The lowest BCUT2D eigenvalue weighted by molar-refractivity contribution is -0.384. The summed E-state index contributed by atoms with van der Waals surface area (Å²) in [5, 5.41) is 16.3. The molecule has 0 bridgehead atoms. The van der Waals surface area contributed by atoms with Crippen LogP contribution in [0.4, 0.5) is 11.4 Å². The van der Waals surface area contributed by atoms with Crippen molar-refractivity contribution in [1.29, 1.82) is 0 Å². The van der Waals surface area contributed by atoms with E-state index in [0.29, 0.717) is 36.9 Å². The molecule has 32 heavy (non-hydrogen) atoms. The largest absolute Gasteiger partial charge is 0.368 e. The van der Waals surface area contributed by atoms with Crippen molar-refractivity contribution >= 4 is 28.9 Å². The number of aryl methyl sites for hydroxylation is 1. The number of hydrogen-bond acceptors (Lipinski definition) is 6. The van der Waals surface area contributed by atoms with Gasteiger partial charge in [0.2, 0.25) is 5.43 Å². The van der Waals surface area contributed by atoms with Crippen molar-refractivity contribution in [3.63, 3.8) is 0 Å². The van der Waals surface area contributed by atoms with Crippen LogP contribution in [-0.2, 0) is 0 Å². The van der Waals surface area contributed by atoms with Crippen molar-refractivity contribution in [1.82, 2.24) is 14.7 Å². The van der Waals surface area contributed by atoms with E-state index in [1.165, 1.54) is 22.9 Å². The van der Waals surface area contributed by atoms with Gasteiger partial charge in [-0.05, 0) is 31.2 Å². The number of carbonyl (C=O) groups is 1. The first kappa shape index (κ1) is 21.5. The molecule has 1 aromatic heterocycles. The second-order valence-corrected chi connectivity index (χ2v) is 7.85. The molecule has 4 rings (SSSR count). The van der Waals surface area contributed by atoms with Crippen LogP contribution in [0.1, 0.15) is 16.2 Å². The van der Waals surface area contributed by atoms with Gasteiger partial charge in [-0.2, -0.15) is 5.10 Å². The third-order valence-electron chi connectivity index (χ3n) is 5.36. The third-order valence-corrected chi connectivity index (χ3v) is 5.59. The molecule has 1 aliphatic heterocycles. The Balaban J connectivity index is 1.60. The zero-order valence-electron chi connectivity index (χ0n) is 17.3. The van der Waals surface area contributed by atoms with Crippen LogP contribution >= 0.6 is 11.6 Å². The summed E-state index contributed by atoms with van der Waals surface area (Å²) in [5.41, 5.74) is 0.614. The van der Waals surface area contributed by atoms with E-state index in [2.05, 4.69) is 10.00 Å². The minimum absolute atomic E-state index is 0.166. The van der Waals surface area contributed by atoms with Crippen LogP contribution in [0.25, 0.3) is 5.69 Å². The van der Waals surface area contributed by atoms with Gasteiger partial charge in [0, 0.05) is 54.7 Å². The molecule has 1 aliphatic rings. The van der Waals surface area contributed by atoms with Crippen LogP contribution in [-0.4, -0.2) is 51.7 Å². The van der Waals surface area contributed by atoms with Crippen LogP contribution in [0.15, 0.2) is 59.4 Å². The Labute approximate surface area is 188 Å². The molecule has 10 heteroatoms. The van der Waals surface area contributed by atoms with E-state index in [0.717, 1.165) is 5.69 Å². The quantitative estimate of drug-likeness (QED) is 0.444. The minimum atomic E-state index is -0.523. The Morgan fingerprint density at radius 1 is 1.06 bits per heavy atom. The molecule has 0 N–H and O–H groups in total. The molecule has 0 atom stereocenters. The number of rotatable bonds is 4. The predicted octanol–water partition coefficient (Wildman–Crippen LogP) is 3.06. The molecule has 2 aromatic carbocycles. The van der Waals surface area contributed by atoms with Crippen LogP contribution in [0, 0.1) is 17.0 Å². The van der Waals surface area contributed by atoms with E-state index in [-0.39, 0.29) is 17.1 Å². The Hall–Kier alpha value is -3.72. The highest BCUT2D eigenvalue weighted by Gasteiger charge is 2.27. The summed E-state index contributed by atoms with van der Waals surface area (Å²) < 4.78 is 1.27. The highest BCUT2D eigenvalue weighted by molar-refractivity contribution is 6.30. The summed E-state index contributed by atoms with van der Waals surface area (Å²) in [6.07, 6.45) is 0. The molecule has 9 nitrogen and oxygen atoms in total. The maximum Gasteiger partial charge on any atom is 0.294 e. The van der Waals surface area contributed by atoms with E-state index in [4.69, 9.17) is 11.6 Å². The number of nitro groups is 1. The van der Waals surface area contributed by atoms with E-state index in [1.807, 2.05) is 18.2 Å². The van der Waals surface area contributed by atoms with Gasteiger partial charge in [-0.3, -0.25) is 19.7 Å². The summed E-state index contributed by atoms with van der Waals surface area (Å²) in [4.78, 5) is 40.3. The first-order chi connectivity index (χ1) is 15.3.